The molecule has 1 unspecified atom stereocenters. The maximum absolute atomic E-state index is 13.0. The molecular formula is C20H19Cl2N3O4S. The van der Waals surface area contributed by atoms with Gasteiger partial charge in [0.05, 0.1) is 40.3 Å². The fourth-order valence-corrected chi connectivity index (χ4v) is 6.39. The monoisotopic (exact) mass is 467 g/mol. The standard InChI is InChI=1S/C20H19Cl2N3O4S/c1-11-5-15(12(2)25(11)14-3-4-30(28,29)9-14)18(26)8-24-10-23-19-16(20(24)27)6-13(21)7-17(19)22/h5-7,10,14H,3-4,8-9H2,1-2H3. The lowest BCUT2D eigenvalue weighted by Gasteiger charge is -2.16. The molecule has 2 aromatic heterocycles. The third kappa shape index (κ3) is 3.68. The zero-order valence-corrected chi connectivity index (χ0v) is 18.7. The van der Waals surface area contributed by atoms with Crippen molar-refractivity contribution in [3.63, 3.8) is 0 Å². The Bertz CT molecular complexity index is 1360. The molecule has 1 saturated heterocycles. The molecule has 3 aromatic rings. The van der Waals surface area contributed by atoms with Crippen molar-refractivity contribution in [1.29, 1.82) is 0 Å². The lowest BCUT2D eigenvalue weighted by molar-refractivity contribution is 0.0970. The average molecular weight is 468 g/mol. The first-order valence-corrected chi connectivity index (χ1v) is 11.9. The Balaban J connectivity index is 1.68. The van der Waals surface area contributed by atoms with Gasteiger partial charge in [-0.3, -0.25) is 14.2 Å². The van der Waals surface area contributed by atoms with E-state index in [2.05, 4.69) is 4.98 Å². The third-order valence-corrected chi connectivity index (χ3v) is 7.77. The second-order valence-corrected chi connectivity index (χ2v) is 10.7. The molecule has 0 amide bonds. The molecule has 158 valence electrons. The average Bonchev–Trinajstić information content (AvgIpc) is 3.15. The Kier molecular flexibility index (Phi) is 5.28. The van der Waals surface area contributed by atoms with E-state index in [1.54, 1.807) is 13.0 Å². The first-order chi connectivity index (χ1) is 14.1. The van der Waals surface area contributed by atoms with E-state index in [0.29, 0.717) is 28.2 Å². The van der Waals surface area contributed by atoms with E-state index in [0.717, 1.165) is 5.69 Å². The first-order valence-electron chi connectivity index (χ1n) is 9.33. The van der Waals surface area contributed by atoms with Crippen LogP contribution in [0, 0.1) is 13.8 Å². The summed E-state index contributed by atoms with van der Waals surface area (Å²) in [6.07, 6.45) is 1.83. The van der Waals surface area contributed by atoms with Crippen molar-refractivity contribution in [2.75, 3.05) is 11.5 Å². The molecule has 0 spiro atoms. The van der Waals surface area contributed by atoms with E-state index >= 15 is 0 Å². The molecule has 10 heteroatoms. The van der Waals surface area contributed by atoms with Gasteiger partial charge in [0.1, 0.15) is 0 Å². The molecule has 0 radical (unpaired) electrons. The summed E-state index contributed by atoms with van der Waals surface area (Å²) >= 11 is 12.1. The van der Waals surface area contributed by atoms with Gasteiger partial charge in [0.25, 0.3) is 5.56 Å². The molecule has 0 N–H and O–H groups in total. The van der Waals surface area contributed by atoms with Gasteiger partial charge < -0.3 is 4.57 Å². The first kappa shape index (κ1) is 21.1. The number of aromatic nitrogens is 3. The minimum atomic E-state index is -3.05. The predicted molar refractivity (Wildman–Crippen MR) is 117 cm³/mol. The largest absolute Gasteiger partial charge is 0.344 e. The fraction of sp³-hybridized carbons (Fsp3) is 0.350. The topological polar surface area (TPSA) is 91.0 Å². The number of sulfone groups is 1. The second kappa shape index (κ2) is 7.51. The van der Waals surface area contributed by atoms with E-state index in [1.165, 1.54) is 23.0 Å². The molecule has 30 heavy (non-hydrogen) atoms. The molecular weight excluding hydrogens is 449 g/mol. The van der Waals surface area contributed by atoms with Crippen LogP contribution >= 0.6 is 23.2 Å². The van der Waals surface area contributed by atoms with E-state index in [1.807, 2.05) is 11.5 Å². The van der Waals surface area contributed by atoms with Gasteiger partial charge in [-0.25, -0.2) is 13.4 Å². The SMILES string of the molecule is Cc1cc(C(=O)Cn2cnc3c(Cl)cc(Cl)cc3c2=O)c(C)n1C1CCS(=O)(=O)C1. The van der Waals surface area contributed by atoms with Gasteiger partial charge in [-0.2, -0.15) is 0 Å². The summed E-state index contributed by atoms with van der Waals surface area (Å²) in [4.78, 5) is 30.0. The van der Waals surface area contributed by atoms with Crippen molar-refractivity contribution < 1.29 is 13.2 Å². The van der Waals surface area contributed by atoms with Gasteiger partial charge in [-0.1, -0.05) is 23.2 Å². The van der Waals surface area contributed by atoms with Crippen LogP contribution in [0.15, 0.2) is 29.3 Å². The molecule has 1 aliphatic rings. The summed E-state index contributed by atoms with van der Waals surface area (Å²) < 4.78 is 26.9. The summed E-state index contributed by atoms with van der Waals surface area (Å²) in [5.41, 5.74) is 1.91. The van der Waals surface area contributed by atoms with Crippen LogP contribution in [0.5, 0.6) is 0 Å². The number of fused-ring (bicyclic) bond motifs is 1. The summed E-state index contributed by atoms with van der Waals surface area (Å²) in [7, 11) is -3.05. The van der Waals surface area contributed by atoms with Gasteiger partial charge in [0.15, 0.2) is 15.6 Å². The maximum Gasteiger partial charge on any atom is 0.261 e. The van der Waals surface area contributed by atoms with Crippen LogP contribution in [0.1, 0.15) is 34.2 Å². The second-order valence-electron chi connectivity index (χ2n) is 7.60. The minimum Gasteiger partial charge on any atom is -0.344 e. The molecule has 3 heterocycles. The highest BCUT2D eigenvalue weighted by Crippen LogP contribution is 2.29. The zero-order chi connectivity index (χ0) is 21.8. The summed E-state index contributed by atoms with van der Waals surface area (Å²) in [6.45, 7) is 3.45. The molecule has 1 fully saturated rings. The molecule has 1 aromatic carbocycles. The Morgan fingerprint density at radius 2 is 1.97 bits per heavy atom. The van der Waals surface area contributed by atoms with E-state index in [9.17, 15) is 18.0 Å². The van der Waals surface area contributed by atoms with Crippen molar-refractivity contribution in [3.05, 3.63) is 61.9 Å². The van der Waals surface area contributed by atoms with Crippen LogP contribution in [0.25, 0.3) is 10.9 Å². The van der Waals surface area contributed by atoms with Crippen molar-refractivity contribution in [1.82, 2.24) is 14.1 Å². The van der Waals surface area contributed by atoms with E-state index < -0.39 is 15.4 Å². The Morgan fingerprint density at radius 3 is 2.63 bits per heavy atom. The van der Waals surface area contributed by atoms with Crippen LogP contribution in [0.4, 0.5) is 0 Å². The highest BCUT2D eigenvalue weighted by molar-refractivity contribution is 7.91. The Hall–Kier alpha value is -2.16. The lowest BCUT2D eigenvalue weighted by Crippen LogP contribution is -2.25. The number of hydrogen-bond donors (Lipinski definition) is 0. The number of Topliss-reactive ketones (excluding diaryl/α,β-unsaturated/α-hetero) is 1. The van der Waals surface area contributed by atoms with Crippen molar-refractivity contribution >= 4 is 49.7 Å². The summed E-state index contributed by atoms with van der Waals surface area (Å²) in [6, 6.07) is 4.55. The normalized spacial score (nSPS) is 18.2. The minimum absolute atomic E-state index is 0.0760. The predicted octanol–water partition coefficient (Wildman–Crippen LogP) is 3.36. The van der Waals surface area contributed by atoms with E-state index in [-0.39, 0.29) is 40.3 Å². The molecule has 7 nitrogen and oxygen atoms in total. The number of rotatable bonds is 4. The molecule has 0 aliphatic carbocycles. The number of halogens is 2. The van der Waals surface area contributed by atoms with Crippen molar-refractivity contribution in [3.8, 4) is 0 Å². The quantitative estimate of drug-likeness (QED) is 0.548. The number of ketones is 1. The Morgan fingerprint density at radius 1 is 1.23 bits per heavy atom. The number of carbonyl (C=O) groups is 1. The van der Waals surface area contributed by atoms with Gasteiger partial charge >= 0.3 is 0 Å². The number of carbonyl (C=O) groups excluding carboxylic acids is 1. The van der Waals surface area contributed by atoms with Crippen LogP contribution in [0.3, 0.4) is 0 Å². The number of aryl methyl sites for hydroxylation is 1. The number of hydrogen-bond acceptors (Lipinski definition) is 5. The van der Waals surface area contributed by atoms with Gasteiger partial charge in [-0.15, -0.1) is 0 Å². The number of benzene rings is 1. The molecule has 1 atom stereocenters. The van der Waals surface area contributed by atoms with Gasteiger partial charge in [-0.05, 0) is 38.5 Å². The maximum atomic E-state index is 13.0. The number of nitrogens with zero attached hydrogens (tertiary/aromatic N) is 3. The van der Waals surface area contributed by atoms with Gasteiger partial charge in [0.2, 0.25) is 0 Å². The van der Waals surface area contributed by atoms with Crippen LogP contribution < -0.4 is 5.56 Å². The van der Waals surface area contributed by atoms with Crippen molar-refractivity contribution in [2.45, 2.75) is 32.9 Å². The smallest absolute Gasteiger partial charge is 0.261 e. The Labute approximate surface area is 183 Å². The third-order valence-electron chi connectivity index (χ3n) is 5.52. The van der Waals surface area contributed by atoms with Crippen LogP contribution in [-0.2, 0) is 16.4 Å². The van der Waals surface area contributed by atoms with Crippen molar-refractivity contribution in [2.24, 2.45) is 0 Å². The van der Waals surface area contributed by atoms with Crippen LogP contribution in [0.2, 0.25) is 10.0 Å². The highest BCUT2D eigenvalue weighted by atomic mass is 35.5. The zero-order valence-electron chi connectivity index (χ0n) is 16.4. The lowest BCUT2D eigenvalue weighted by atomic mass is 10.1. The fourth-order valence-electron chi connectivity index (χ4n) is 4.15. The molecule has 1 aliphatic heterocycles. The van der Waals surface area contributed by atoms with E-state index in [4.69, 9.17) is 23.2 Å². The summed E-state index contributed by atoms with van der Waals surface area (Å²) in [5, 5.41) is 0.818. The molecule has 0 bridgehead atoms. The molecule has 4 rings (SSSR count). The summed E-state index contributed by atoms with van der Waals surface area (Å²) in [5.74, 6) is -0.0278. The highest BCUT2D eigenvalue weighted by Gasteiger charge is 2.31. The van der Waals surface area contributed by atoms with Gasteiger partial charge in [0, 0.05) is 28.0 Å². The molecule has 0 saturated carbocycles. The van der Waals surface area contributed by atoms with Crippen LogP contribution in [-0.4, -0.2) is 39.8 Å².